The van der Waals surface area contributed by atoms with E-state index in [2.05, 4.69) is 20.6 Å². The Morgan fingerprint density at radius 1 is 1.36 bits per heavy atom. The van der Waals surface area contributed by atoms with Crippen LogP contribution in [0.2, 0.25) is 0 Å². The van der Waals surface area contributed by atoms with Gasteiger partial charge in [-0.3, -0.25) is 19.4 Å². The molecule has 4 rings (SSSR count). The normalized spacial score (nSPS) is 23.0. The highest BCUT2D eigenvalue weighted by Crippen LogP contribution is 2.40. The number of nitrogens with one attached hydrogen (secondary N) is 2. The number of carbonyl (C=O) groups is 2. The number of β-amino-alcohol motifs (C(OH)–C–C–N with tert-alkyl or cyclic N) is 1. The monoisotopic (exact) mass is 344 g/mol. The smallest absolute Gasteiger partial charge is 0.272 e. The molecule has 2 aromatic rings. The maximum absolute atomic E-state index is 12.5. The van der Waals surface area contributed by atoms with Gasteiger partial charge in [-0.2, -0.15) is 10.2 Å². The number of carbonyl (C=O) groups excluding carboxylic acids is 2. The molecule has 3 N–H and O–H groups in total. The number of aromatic amines is 1. The van der Waals surface area contributed by atoms with E-state index in [0.717, 1.165) is 18.5 Å². The van der Waals surface area contributed by atoms with E-state index in [-0.39, 0.29) is 24.9 Å². The van der Waals surface area contributed by atoms with Crippen molar-refractivity contribution in [1.82, 2.24) is 30.2 Å². The number of aliphatic hydroxyl groups is 1. The number of hydrogen-bond donors (Lipinski definition) is 3. The fourth-order valence-corrected chi connectivity index (χ4v) is 3.25. The van der Waals surface area contributed by atoms with Gasteiger partial charge in [0, 0.05) is 32.3 Å². The average Bonchev–Trinajstić information content (AvgIpc) is 2.99. The molecule has 3 heterocycles. The summed E-state index contributed by atoms with van der Waals surface area (Å²) in [6, 6.07) is 1.13. The molecule has 0 radical (unpaired) electrons. The minimum Gasteiger partial charge on any atom is -0.389 e. The molecular formula is C16H20N6O3. The molecule has 1 aliphatic carbocycles. The van der Waals surface area contributed by atoms with E-state index >= 15 is 0 Å². The minimum absolute atomic E-state index is 0.176. The van der Waals surface area contributed by atoms with Gasteiger partial charge in [0.15, 0.2) is 0 Å². The van der Waals surface area contributed by atoms with Gasteiger partial charge < -0.3 is 15.3 Å². The van der Waals surface area contributed by atoms with Crippen LogP contribution in [0.5, 0.6) is 0 Å². The topological polar surface area (TPSA) is 116 Å². The Labute approximate surface area is 144 Å². The Bertz CT molecular complexity index is 808. The predicted molar refractivity (Wildman–Crippen MR) is 86.9 cm³/mol. The molecule has 25 heavy (non-hydrogen) atoms. The SMILES string of the molecule is Cn1nccc1C(=O)N1C[C@@H](O)[C@H](NC(=O)c2cn[nH]c2C2CC2)C1. The van der Waals surface area contributed by atoms with Crippen LogP contribution in [0.25, 0.3) is 0 Å². The number of H-pyrrole nitrogens is 1. The maximum Gasteiger partial charge on any atom is 0.272 e. The van der Waals surface area contributed by atoms with Crippen LogP contribution in [0, 0.1) is 0 Å². The summed E-state index contributed by atoms with van der Waals surface area (Å²) in [6.45, 7) is 0.434. The second-order valence-corrected chi connectivity index (χ2v) is 6.67. The molecule has 0 bridgehead atoms. The first-order valence-corrected chi connectivity index (χ1v) is 8.34. The first kappa shape index (κ1) is 15.8. The maximum atomic E-state index is 12.5. The quantitative estimate of drug-likeness (QED) is 0.700. The Morgan fingerprint density at radius 2 is 2.16 bits per heavy atom. The summed E-state index contributed by atoms with van der Waals surface area (Å²) < 4.78 is 1.49. The zero-order valence-corrected chi connectivity index (χ0v) is 13.8. The van der Waals surface area contributed by atoms with E-state index < -0.39 is 12.1 Å². The highest BCUT2D eigenvalue weighted by molar-refractivity contribution is 5.96. The average molecular weight is 344 g/mol. The van der Waals surface area contributed by atoms with E-state index in [1.165, 1.54) is 15.8 Å². The Morgan fingerprint density at radius 3 is 2.84 bits per heavy atom. The lowest BCUT2D eigenvalue weighted by Crippen LogP contribution is -2.43. The van der Waals surface area contributed by atoms with Crippen molar-refractivity contribution in [2.45, 2.75) is 30.9 Å². The lowest BCUT2D eigenvalue weighted by atomic mass is 10.1. The van der Waals surface area contributed by atoms with Crippen molar-refractivity contribution in [3.63, 3.8) is 0 Å². The molecule has 2 fully saturated rings. The molecule has 1 aliphatic heterocycles. The first-order chi connectivity index (χ1) is 12.0. The third-order valence-electron chi connectivity index (χ3n) is 4.83. The van der Waals surface area contributed by atoms with Gasteiger partial charge in [0.2, 0.25) is 0 Å². The van der Waals surface area contributed by atoms with Crippen molar-refractivity contribution in [3.05, 3.63) is 35.4 Å². The van der Waals surface area contributed by atoms with E-state index in [1.54, 1.807) is 19.3 Å². The molecule has 2 atom stereocenters. The largest absolute Gasteiger partial charge is 0.389 e. The fourth-order valence-electron chi connectivity index (χ4n) is 3.25. The van der Waals surface area contributed by atoms with Gasteiger partial charge in [0.1, 0.15) is 5.69 Å². The molecule has 0 aromatic carbocycles. The van der Waals surface area contributed by atoms with Crippen LogP contribution in [0.15, 0.2) is 18.5 Å². The Kier molecular flexibility index (Phi) is 3.79. The van der Waals surface area contributed by atoms with Crippen molar-refractivity contribution in [2.24, 2.45) is 7.05 Å². The Balaban J connectivity index is 1.43. The number of aryl methyl sites for hydroxylation is 1. The second-order valence-electron chi connectivity index (χ2n) is 6.67. The van der Waals surface area contributed by atoms with E-state index in [0.29, 0.717) is 17.2 Å². The van der Waals surface area contributed by atoms with Gasteiger partial charge in [0.25, 0.3) is 11.8 Å². The third kappa shape index (κ3) is 2.91. The van der Waals surface area contributed by atoms with Crippen LogP contribution < -0.4 is 5.32 Å². The van der Waals surface area contributed by atoms with Crippen LogP contribution >= 0.6 is 0 Å². The highest BCUT2D eigenvalue weighted by atomic mass is 16.3. The van der Waals surface area contributed by atoms with Crippen LogP contribution in [0.4, 0.5) is 0 Å². The molecular weight excluding hydrogens is 324 g/mol. The zero-order valence-electron chi connectivity index (χ0n) is 13.8. The van der Waals surface area contributed by atoms with Crippen molar-refractivity contribution >= 4 is 11.8 Å². The summed E-state index contributed by atoms with van der Waals surface area (Å²) >= 11 is 0. The van der Waals surface area contributed by atoms with Crippen molar-refractivity contribution in [3.8, 4) is 0 Å². The van der Waals surface area contributed by atoms with Crippen molar-refractivity contribution in [2.75, 3.05) is 13.1 Å². The van der Waals surface area contributed by atoms with Crippen LogP contribution in [-0.2, 0) is 7.05 Å². The number of likely N-dealkylation sites (tertiary alicyclic amines) is 1. The summed E-state index contributed by atoms with van der Waals surface area (Å²) in [5.74, 6) is -0.105. The fraction of sp³-hybridized carbons (Fsp3) is 0.500. The zero-order chi connectivity index (χ0) is 17.6. The first-order valence-electron chi connectivity index (χ1n) is 8.34. The van der Waals surface area contributed by atoms with Gasteiger partial charge >= 0.3 is 0 Å². The van der Waals surface area contributed by atoms with Crippen LogP contribution in [0.1, 0.15) is 45.3 Å². The molecule has 9 heteroatoms. The summed E-state index contributed by atoms with van der Waals surface area (Å²) in [4.78, 5) is 26.6. The molecule has 2 aliphatic rings. The van der Waals surface area contributed by atoms with Gasteiger partial charge in [-0.05, 0) is 18.9 Å². The van der Waals surface area contributed by atoms with Gasteiger partial charge in [-0.1, -0.05) is 0 Å². The number of amides is 2. The summed E-state index contributed by atoms with van der Waals surface area (Å²) in [5.41, 5.74) is 1.82. The number of rotatable bonds is 4. The Hall–Kier alpha value is -2.68. The van der Waals surface area contributed by atoms with E-state index in [9.17, 15) is 14.7 Å². The number of hydrogen-bond acceptors (Lipinski definition) is 5. The van der Waals surface area contributed by atoms with E-state index in [1.807, 2.05) is 0 Å². The highest BCUT2D eigenvalue weighted by Gasteiger charge is 2.37. The van der Waals surface area contributed by atoms with E-state index in [4.69, 9.17) is 0 Å². The second kappa shape index (κ2) is 5.99. The third-order valence-corrected chi connectivity index (χ3v) is 4.83. The molecule has 2 aromatic heterocycles. The van der Waals surface area contributed by atoms with Crippen LogP contribution in [0.3, 0.4) is 0 Å². The van der Waals surface area contributed by atoms with Gasteiger partial charge in [-0.25, -0.2) is 0 Å². The van der Waals surface area contributed by atoms with Gasteiger partial charge in [0.05, 0.1) is 29.6 Å². The lowest BCUT2D eigenvalue weighted by Gasteiger charge is -2.17. The number of aromatic nitrogens is 4. The molecule has 0 spiro atoms. The minimum atomic E-state index is -0.808. The molecule has 9 nitrogen and oxygen atoms in total. The van der Waals surface area contributed by atoms with Crippen molar-refractivity contribution in [1.29, 1.82) is 0 Å². The summed E-state index contributed by atoms with van der Waals surface area (Å²) in [6.07, 6.45) is 4.38. The summed E-state index contributed by atoms with van der Waals surface area (Å²) in [7, 11) is 1.69. The molecule has 0 unspecified atom stereocenters. The van der Waals surface area contributed by atoms with Crippen LogP contribution in [-0.4, -0.2) is 67.0 Å². The molecule has 1 saturated carbocycles. The molecule has 2 amide bonds. The van der Waals surface area contributed by atoms with Crippen molar-refractivity contribution < 1.29 is 14.7 Å². The molecule has 132 valence electrons. The number of aliphatic hydroxyl groups excluding tert-OH is 1. The standard InChI is InChI=1S/C16H20N6O3/c1-21-12(4-5-18-21)16(25)22-7-11(13(23)8-22)19-15(24)10-6-17-20-14(10)9-2-3-9/h4-6,9,11,13,23H,2-3,7-8H2,1H3,(H,17,20)(H,19,24)/t11-,13-/m1/s1. The molecule has 1 saturated heterocycles. The lowest BCUT2D eigenvalue weighted by molar-refractivity contribution is 0.0754. The summed E-state index contributed by atoms with van der Waals surface area (Å²) in [5, 5.41) is 23.9. The number of nitrogens with zero attached hydrogens (tertiary/aromatic N) is 4. The predicted octanol–water partition coefficient (Wildman–Crippen LogP) is -0.364. The van der Waals surface area contributed by atoms with Gasteiger partial charge in [-0.15, -0.1) is 0 Å².